The van der Waals surface area contributed by atoms with Crippen molar-refractivity contribution < 1.29 is 18.0 Å². The second-order valence-electron chi connectivity index (χ2n) is 7.51. The molecular formula is C24H16Cl2F3N5O2. The fourth-order valence-electron chi connectivity index (χ4n) is 3.50. The summed E-state index contributed by atoms with van der Waals surface area (Å²) in [5, 5.41) is 5.27. The number of carbonyl (C=O) groups is 1. The highest BCUT2D eigenvalue weighted by molar-refractivity contribution is 6.31. The molecule has 184 valence electrons. The minimum Gasteiger partial charge on any atom is -0.280 e. The Morgan fingerprint density at radius 3 is 1.97 bits per heavy atom. The van der Waals surface area contributed by atoms with Crippen LogP contribution in [0.4, 0.5) is 19.0 Å². The highest BCUT2D eigenvalue weighted by Crippen LogP contribution is 2.35. The first kappa shape index (κ1) is 25.2. The molecule has 2 aromatic carbocycles. The smallest absolute Gasteiger partial charge is 0.280 e. The molecule has 0 aliphatic rings. The van der Waals surface area contributed by atoms with Crippen LogP contribution < -0.4 is 16.4 Å². The Morgan fingerprint density at radius 1 is 0.889 bits per heavy atom. The number of aromatic nitrogens is 3. The quantitative estimate of drug-likeness (QED) is 0.244. The van der Waals surface area contributed by atoms with Crippen molar-refractivity contribution in [3.8, 4) is 22.3 Å². The molecule has 36 heavy (non-hydrogen) atoms. The van der Waals surface area contributed by atoms with Crippen LogP contribution in [0.25, 0.3) is 22.3 Å². The van der Waals surface area contributed by atoms with E-state index in [2.05, 4.69) is 20.9 Å². The molecule has 2 aromatic heterocycles. The van der Waals surface area contributed by atoms with E-state index < -0.39 is 17.4 Å². The van der Waals surface area contributed by atoms with E-state index in [1.807, 2.05) is 0 Å². The molecule has 0 saturated carbocycles. The molecule has 1 amide bonds. The average Bonchev–Trinajstić information content (AvgIpc) is 2.85. The van der Waals surface area contributed by atoms with Gasteiger partial charge in [-0.2, -0.15) is 13.2 Å². The molecule has 2 N–H and O–H groups in total. The number of pyridine rings is 1. The third kappa shape index (κ3) is 5.50. The van der Waals surface area contributed by atoms with E-state index in [1.165, 1.54) is 6.07 Å². The van der Waals surface area contributed by atoms with Crippen LogP contribution in [0.5, 0.6) is 0 Å². The van der Waals surface area contributed by atoms with Crippen molar-refractivity contribution in [1.29, 1.82) is 0 Å². The highest BCUT2D eigenvalue weighted by atomic mass is 35.5. The van der Waals surface area contributed by atoms with Gasteiger partial charge in [-0.15, -0.1) is 5.10 Å². The van der Waals surface area contributed by atoms with Crippen LogP contribution in [0.1, 0.15) is 11.3 Å². The van der Waals surface area contributed by atoms with Crippen LogP contribution in [0.2, 0.25) is 10.0 Å². The Morgan fingerprint density at radius 2 is 1.47 bits per heavy atom. The van der Waals surface area contributed by atoms with Gasteiger partial charge < -0.3 is 0 Å². The number of alkyl halides is 3. The maximum atomic E-state index is 13.7. The van der Waals surface area contributed by atoms with E-state index in [1.54, 1.807) is 48.5 Å². The first-order valence-electron chi connectivity index (χ1n) is 10.3. The van der Waals surface area contributed by atoms with E-state index in [0.717, 1.165) is 16.9 Å². The second-order valence-corrected chi connectivity index (χ2v) is 8.38. The average molecular weight is 534 g/mol. The van der Waals surface area contributed by atoms with Gasteiger partial charge in [0.15, 0.2) is 5.82 Å². The number of nitrogens with zero attached hydrogens (tertiary/aromatic N) is 3. The Kier molecular flexibility index (Phi) is 7.27. The van der Waals surface area contributed by atoms with E-state index in [-0.39, 0.29) is 17.9 Å². The zero-order chi connectivity index (χ0) is 25.9. The van der Waals surface area contributed by atoms with Crippen molar-refractivity contribution >= 4 is 35.4 Å². The number of benzene rings is 2. The lowest BCUT2D eigenvalue weighted by molar-refractivity contribution is -0.141. The fourth-order valence-corrected chi connectivity index (χ4v) is 3.76. The molecule has 0 fully saturated rings. The third-order valence-electron chi connectivity index (χ3n) is 5.12. The molecule has 12 heteroatoms. The molecule has 0 spiro atoms. The molecule has 0 saturated heterocycles. The minimum atomic E-state index is -4.59. The van der Waals surface area contributed by atoms with Gasteiger partial charge >= 0.3 is 6.18 Å². The van der Waals surface area contributed by atoms with Crippen molar-refractivity contribution in [2.75, 3.05) is 5.43 Å². The second kappa shape index (κ2) is 10.4. The van der Waals surface area contributed by atoms with Gasteiger partial charge in [-0.25, -0.2) is 4.68 Å². The van der Waals surface area contributed by atoms with Gasteiger partial charge in [-0.05, 0) is 47.0 Å². The molecule has 4 aromatic rings. The summed E-state index contributed by atoms with van der Waals surface area (Å²) < 4.78 is 39.7. The number of amides is 1. The van der Waals surface area contributed by atoms with Gasteiger partial charge in [0, 0.05) is 21.8 Å². The van der Waals surface area contributed by atoms with Crippen molar-refractivity contribution in [2.45, 2.75) is 12.7 Å². The standard InChI is InChI=1S/C24H16Cl2F3N5O2/c25-17-6-2-15(3-7-17)20-21(16-4-8-18(26)9-5-16)23(36)34(33-22(20)32-31-13-35)12-14-1-10-19(30-11-14)24(27,28)29/h1-11,13H,12H2,(H,31,35)(H,32,33). The Labute approximate surface area is 212 Å². The van der Waals surface area contributed by atoms with E-state index in [0.29, 0.717) is 38.7 Å². The number of hydrogen-bond donors (Lipinski definition) is 2. The van der Waals surface area contributed by atoms with Gasteiger partial charge in [-0.1, -0.05) is 53.5 Å². The van der Waals surface area contributed by atoms with E-state index >= 15 is 0 Å². The largest absolute Gasteiger partial charge is 0.433 e. The molecule has 0 unspecified atom stereocenters. The fraction of sp³-hybridized carbons (Fsp3) is 0.0833. The predicted molar refractivity (Wildman–Crippen MR) is 131 cm³/mol. The van der Waals surface area contributed by atoms with Crippen LogP contribution in [-0.4, -0.2) is 21.2 Å². The van der Waals surface area contributed by atoms with Gasteiger partial charge in [0.1, 0.15) is 5.69 Å². The summed E-state index contributed by atoms with van der Waals surface area (Å²) in [4.78, 5) is 28.2. The zero-order valence-electron chi connectivity index (χ0n) is 18.2. The van der Waals surface area contributed by atoms with Crippen molar-refractivity contribution in [3.05, 3.63) is 98.5 Å². The van der Waals surface area contributed by atoms with Gasteiger partial charge in [-0.3, -0.25) is 25.4 Å². The van der Waals surface area contributed by atoms with Gasteiger partial charge in [0.05, 0.1) is 12.1 Å². The normalized spacial score (nSPS) is 11.2. The first-order chi connectivity index (χ1) is 17.2. The lowest BCUT2D eigenvalue weighted by atomic mass is 9.96. The Balaban J connectivity index is 1.92. The maximum Gasteiger partial charge on any atom is 0.433 e. The zero-order valence-corrected chi connectivity index (χ0v) is 19.7. The monoisotopic (exact) mass is 533 g/mol. The summed E-state index contributed by atoms with van der Waals surface area (Å²) in [7, 11) is 0. The van der Waals surface area contributed by atoms with Gasteiger partial charge in [0.2, 0.25) is 6.41 Å². The molecule has 4 rings (SSSR count). The number of anilines is 1. The van der Waals surface area contributed by atoms with Gasteiger partial charge in [0.25, 0.3) is 5.56 Å². The van der Waals surface area contributed by atoms with Crippen molar-refractivity contribution in [3.63, 3.8) is 0 Å². The topological polar surface area (TPSA) is 88.9 Å². The minimum absolute atomic E-state index is 0.119. The summed E-state index contributed by atoms with van der Waals surface area (Å²) in [5.41, 5.74) is 5.39. The molecule has 0 aliphatic heterocycles. The molecule has 7 nitrogen and oxygen atoms in total. The van der Waals surface area contributed by atoms with Crippen molar-refractivity contribution in [1.82, 2.24) is 20.2 Å². The summed E-state index contributed by atoms with van der Waals surface area (Å²) >= 11 is 12.1. The summed E-state index contributed by atoms with van der Waals surface area (Å²) in [5.74, 6) is 0.119. The van der Waals surface area contributed by atoms with E-state index in [9.17, 15) is 22.8 Å². The maximum absolute atomic E-state index is 13.7. The van der Waals surface area contributed by atoms with E-state index in [4.69, 9.17) is 23.2 Å². The molecule has 0 aliphatic carbocycles. The third-order valence-corrected chi connectivity index (χ3v) is 5.62. The predicted octanol–water partition coefficient (Wildman–Crippen LogP) is 5.42. The summed E-state index contributed by atoms with van der Waals surface area (Å²) in [6.45, 7) is -0.179. The van der Waals surface area contributed by atoms with Crippen LogP contribution in [0.3, 0.4) is 0 Å². The number of halogens is 5. The van der Waals surface area contributed by atoms with Crippen LogP contribution >= 0.6 is 23.2 Å². The van der Waals surface area contributed by atoms with Crippen LogP contribution in [-0.2, 0) is 17.5 Å². The molecular weight excluding hydrogens is 518 g/mol. The Bertz CT molecular complexity index is 1440. The number of nitrogens with one attached hydrogen (secondary N) is 2. The number of hydrazine groups is 1. The summed E-state index contributed by atoms with van der Waals surface area (Å²) in [6, 6.07) is 15.2. The number of rotatable bonds is 7. The number of hydrogen-bond acceptors (Lipinski definition) is 5. The van der Waals surface area contributed by atoms with Crippen molar-refractivity contribution in [2.24, 2.45) is 0 Å². The number of carbonyl (C=O) groups excluding carboxylic acids is 1. The molecule has 0 bridgehead atoms. The molecule has 2 heterocycles. The lowest BCUT2D eigenvalue weighted by Gasteiger charge is -2.18. The molecule has 0 radical (unpaired) electrons. The summed E-state index contributed by atoms with van der Waals surface area (Å²) in [6.07, 6.45) is -3.17. The lowest BCUT2D eigenvalue weighted by Crippen LogP contribution is -2.30. The van der Waals surface area contributed by atoms with Crippen LogP contribution in [0, 0.1) is 0 Å². The molecule has 0 atom stereocenters. The first-order valence-corrected chi connectivity index (χ1v) is 11.1. The highest BCUT2D eigenvalue weighted by Gasteiger charge is 2.32. The SMILES string of the molecule is O=CNNc1nn(Cc2ccc(C(F)(F)F)nc2)c(=O)c(-c2ccc(Cl)cc2)c1-c1ccc(Cl)cc1. The van der Waals surface area contributed by atoms with Crippen LogP contribution in [0.15, 0.2) is 71.7 Å². The Hall–Kier alpha value is -3.89.